The van der Waals surface area contributed by atoms with Gasteiger partial charge in [0.2, 0.25) is 0 Å². The van der Waals surface area contributed by atoms with Crippen LogP contribution in [-0.4, -0.2) is 18.2 Å². The molecule has 0 atom stereocenters. The fourth-order valence-electron chi connectivity index (χ4n) is 3.06. The highest BCUT2D eigenvalue weighted by molar-refractivity contribution is 5.97. The highest BCUT2D eigenvalue weighted by Crippen LogP contribution is 2.28. The van der Waals surface area contributed by atoms with E-state index in [0.29, 0.717) is 17.3 Å². The van der Waals surface area contributed by atoms with Gasteiger partial charge in [-0.25, -0.2) is 0 Å². The average Bonchev–Trinajstić information content (AvgIpc) is 3.21. The zero-order valence-corrected chi connectivity index (χ0v) is 17.0. The lowest BCUT2D eigenvalue weighted by molar-refractivity contribution is 0.561. The maximum Gasteiger partial charge on any atom is 0.134 e. The summed E-state index contributed by atoms with van der Waals surface area (Å²) in [5.41, 5.74) is 15.2. The predicted octanol–water partition coefficient (Wildman–Crippen LogP) is 5.04. The number of nitrogens with one attached hydrogen (secondary N) is 1. The second-order valence-electron chi connectivity index (χ2n) is 7.54. The standard InChI is InChI=1S/C24H28N4O/c1-16(2)4-3-15-28-24(27)20-11-7-18(8-12-20)22-14-13-21(29-22)17-5-9-19(10-6-17)23(25)26/h5-14,16H,3-4,15H2,1-2H3,(H3,25,26)(H2,27,28). The van der Waals surface area contributed by atoms with E-state index in [1.54, 1.807) is 0 Å². The fraction of sp³-hybridized carbons (Fsp3) is 0.250. The van der Waals surface area contributed by atoms with E-state index >= 15 is 0 Å². The van der Waals surface area contributed by atoms with Crippen LogP contribution in [0.5, 0.6) is 0 Å². The Hall–Kier alpha value is -3.34. The Morgan fingerprint density at radius 1 is 0.862 bits per heavy atom. The van der Waals surface area contributed by atoms with E-state index in [0.717, 1.165) is 47.6 Å². The second kappa shape index (κ2) is 9.24. The molecule has 0 saturated heterocycles. The maximum atomic E-state index is 7.48. The first-order chi connectivity index (χ1) is 13.9. The van der Waals surface area contributed by atoms with Gasteiger partial charge in [-0.2, -0.15) is 0 Å². The zero-order valence-electron chi connectivity index (χ0n) is 17.0. The van der Waals surface area contributed by atoms with Crippen molar-refractivity contribution < 1.29 is 4.42 Å². The highest BCUT2D eigenvalue weighted by Gasteiger charge is 2.08. The number of nitrogens with zero attached hydrogens (tertiary/aromatic N) is 1. The van der Waals surface area contributed by atoms with Gasteiger partial charge in [-0.15, -0.1) is 0 Å². The van der Waals surface area contributed by atoms with Gasteiger partial charge in [0.05, 0.1) is 0 Å². The highest BCUT2D eigenvalue weighted by atomic mass is 16.3. The van der Waals surface area contributed by atoms with E-state index in [1.807, 2.05) is 60.7 Å². The summed E-state index contributed by atoms with van der Waals surface area (Å²) in [6.45, 7) is 5.19. The molecular formula is C24H28N4O. The summed E-state index contributed by atoms with van der Waals surface area (Å²) < 4.78 is 6.01. The van der Waals surface area contributed by atoms with Crippen LogP contribution < -0.4 is 11.5 Å². The Morgan fingerprint density at radius 3 is 1.86 bits per heavy atom. The summed E-state index contributed by atoms with van der Waals surface area (Å²) in [6.07, 6.45) is 2.22. The molecule has 0 saturated carbocycles. The van der Waals surface area contributed by atoms with Crippen LogP contribution >= 0.6 is 0 Å². The molecule has 0 aliphatic rings. The van der Waals surface area contributed by atoms with Crippen LogP contribution in [0.2, 0.25) is 0 Å². The van der Waals surface area contributed by atoms with Gasteiger partial charge in [0.25, 0.3) is 0 Å². The van der Waals surface area contributed by atoms with Gasteiger partial charge in [-0.1, -0.05) is 62.4 Å². The Morgan fingerprint density at radius 2 is 1.38 bits per heavy atom. The number of furan rings is 1. The van der Waals surface area contributed by atoms with Crippen LogP contribution in [0.1, 0.15) is 37.8 Å². The molecule has 150 valence electrons. The number of benzene rings is 2. The molecule has 1 heterocycles. The van der Waals surface area contributed by atoms with Gasteiger partial charge in [-0.05, 0) is 30.9 Å². The first-order valence-corrected chi connectivity index (χ1v) is 9.89. The smallest absolute Gasteiger partial charge is 0.134 e. The third-order valence-electron chi connectivity index (χ3n) is 4.77. The number of hydrogen-bond donors (Lipinski definition) is 3. The largest absolute Gasteiger partial charge is 0.456 e. The number of rotatable bonds is 8. The fourth-order valence-corrected chi connectivity index (χ4v) is 3.06. The van der Waals surface area contributed by atoms with Crippen molar-refractivity contribution in [2.24, 2.45) is 22.4 Å². The minimum Gasteiger partial charge on any atom is -0.456 e. The van der Waals surface area contributed by atoms with Crippen LogP contribution in [0, 0.1) is 11.3 Å². The molecular weight excluding hydrogens is 360 g/mol. The molecule has 0 amide bonds. The first-order valence-electron chi connectivity index (χ1n) is 9.89. The van der Waals surface area contributed by atoms with Crippen molar-refractivity contribution in [3.63, 3.8) is 0 Å². The van der Waals surface area contributed by atoms with Crippen molar-refractivity contribution >= 4 is 11.7 Å². The Labute approximate surface area is 172 Å². The van der Waals surface area contributed by atoms with Crippen LogP contribution in [0.3, 0.4) is 0 Å². The van der Waals surface area contributed by atoms with Gasteiger partial charge < -0.3 is 15.9 Å². The number of aliphatic imine (C=N–C) groups is 1. The number of nitrogen functional groups attached to an aromatic ring is 1. The zero-order chi connectivity index (χ0) is 20.8. The van der Waals surface area contributed by atoms with Crippen molar-refractivity contribution in [3.05, 3.63) is 71.8 Å². The molecule has 3 aromatic rings. The normalized spacial score (nSPS) is 11.8. The van der Waals surface area contributed by atoms with Crippen LogP contribution in [-0.2, 0) is 0 Å². The number of nitrogens with two attached hydrogens (primary N) is 2. The lowest BCUT2D eigenvalue weighted by Crippen LogP contribution is -2.14. The van der Waals surface area contributed by atoms with E-state index in [-0.39, 0.29) is 5.84 Å². The molecule has 5 heteroatoms. The van der Waals surface area contributed by atoms with Crippen LogP contribution in [0.15, 0.2) is 70.1 Å². The van der Waals surface area contributed by atoms with E-state index < -0.39 is 0 Å². The van der Waals surface area contributed by atoms with Gasteiger partial charge in [0, 0.05) is 28.8 Å². The first kappa shape index (κ1) is 20.4. The third kappa shape index (κ3) is 5.35. The van der Waals surface area contributed by atoms with Crippen LogP contribution in [0.25, 0.3) is 22.6 Å². The third-order valence-corrected chi connectivity index (χ3v) is 4.77. The molecule has 0 bridgehead atoms. The quantitative estimate of drug-likeness (QED) is 0.286. The summed E-state index contributed by atoms with van der Waals surface area (Å²) in [5, 5.41) is 7.48. The lowest BCUT2D eigenvalue weighted by Gasteiger charge is -2.05. The van der Waals surface area contributed by atoms with Crippen molar-refractivity contribution in [2.75, 3.05) is 6.54 Å². The molecule has 0 unspecified atom stereocenters. The van der Waals surface area contributed by atoms with Crippen molar-refractivity contribution in [1.29, 1.82) is 5.41 Å². The monoisotopic (exact) mass is 388 g/mol. The SMILES string of the molecule is CC(C)CCCN=C(N)c1ccc(-c2ccc(-c3ccc(C(=N)N)cc3)o2)cc1. The van der Waals surface area contributed by atoms with Gasteiger partial charge in [-0.3, -0.25) is 10.4 Å². The van der Waals surface area contributed by atoms with Crippen molar-refractivity contribution in [3.8, 4) is 22.6 Å². The Kier molecular flexibility index (Phi) is 6.50. The Balaban J connectivity index is 1.69. The minimum absolute atomic E-state index is 0.0551. The van der Waals surface area contributed by atoms with E-state index in [9.17, 15) is 0 Å². The van der Waals surface area contributed by atoms with E-state index in [2.05, 4.69) is 18.8 Å². The Bertz CT molecular complexity index is 982. The summed E-state index contributed by atoms with van der Waals surface area (Å²) >= 11 is 0. The van der Waals surface area contributed by atoms with Gasteiger partial charge in [0.15, 0.2) is 0 Å². The number of hydrogen-bond acceptors (Lipinski definition) is 3. The van der Waals surface area contributed by atoms with Crippen LogP contribution in [0.4, 0.5) is 0 Å². The van der Waals surface area contributed by atoms with E-state index in [1.165, 1.54) is 0 Å². The van der Waals surface area contributed by atoms with Gasteiger partial charge in [0.1, 0.15) is 23.2 Å². The molecule has 29 heavy (non-hydrogen) atoms. The van der Waals surface area contributed by atoms with E-state index in [4.69, 9.17) is 21.3 Å². The summed E-state index contributed by atoms with van der Waals surface area (Å²) in [4.78, 5) is 4.48. The molecule has 5 nitrogen and oxygen atoms in total. The van der Waals surface area contributed by atoms with Crippen molar-refractivity contribution in [1.82, 2.24) is 0 Å². The van der Waals surface area contributed by atoms with Crippen molar-refractivity contribution in [2.45, 2.75) is 26.7 Å². The molecule has 1 aromatic heterocycles. The lowest BCUT2D eigenvalue weighted by atomic mass is 10.1. The molecule has 0 fully saturated rings. The van der Waals surface area contributed by atoms with Gasteiger partial charge >= 0.3 is 0 Å². The molecule has 3 rings (SSSR count). The second-order valence-corrected chi connectivity index (χ2v) is 7.54. The maximum absolute atomic E-state index is 7.48. The molecule has 2 aromatic carbocycles. The predicted molar refractivity (Wildman–Crippen MR) is 120 cm³/mol. The summed E-state index contributed by atoms with van der Waals surface area (Å²) in [7, 11) is 0. The summed E-state index contributed by atoms with van der Waals surface area (Å²) in [6, 6.07) is 19.3. The number of amidine groups is 2. The molecule has 0 radical (unpaired) electrons. The topological polar surface area (TPSA) is 101 Å². The minimum atomic E-state index is 0.0551. The molecule has 0 aliphatic heterocycles. The summed E-state index contributed by atoms with van der Waals surface area (Å²) in [5.74, 6) is 2.88. The molecule has 0 spiro atoms. The molecule has 5 N–H and O–H groups in total. The molecule has 0 aliphatic carbocycles. The average molecular weight is 389 g/mol.